The third kappa shape index (κ3) is 3.54. The van der Waals surface area contributed by atoms with Crippen molar-refractivity contribution in [1.82, 2.24) is 15.1 Å². The zero-order valence-electron chi connectivity index (χ0n) is 10.5. The summed E-state index contributed by atoms with van der Waals surface area (Å²) in [5.41, 5.74) is 2.10. The number of nitrogens with one attached hydrogen (secondary N) is 1. The van der Waals surface area contributed by atoms with Gasteiger partial charge in [0.25, 0.3) is 5.91 Å². The van der Waals surface area contributed by atoms with Crippen molar-refractivity contribution in [3.05, 3.63) is 17.0 Å². The van der Waals surface area contributed by atoms with Crippen molar-refractivity contribution in [2.24, 2.45) is 0 Å². The van der Waals surface area contributed by atoms with Crippen molar-refractivity contribution in [3.8, 4) is 0 Å². The number of aliphatic hydroxyl groups is 1. The van der Waals surface area contributed by atoms with E-state index in [-0.39, 0.29) is 12.5 Å². The number of hydrogen-bond acceptors (Lipinski definition) is 4. The van der Waals surface area contributed by atoms with E-state index in [0.717, 1.165) is 5.69 Å². The summed E-state index contributed by atoms with van der Waals surface area (Å²) in [5, 5.41) is 15.3. The molecule has 1 rings (SSSR count). The predicted octanol–water partition coefficient (Wildman–Crippen LogP) is 0.107. The van der Waals surface area contributed by atoms with Gasteiger partial charge in [0.05, 0.1) is 31.1 Å². The number of aromatic amines is 1. The standard InChI is InChI=1S/C11H19N3O3/c1-8-10(9(2)13-12-8)11(16)14(3)4-6-17-7-5-15/h15H,4-7H2,1-3H3,(H,12,13). The summed E-state index contributed by atoms with van der Waals surface area (Å²) in [6.45, 7) is 4.82. The number of ether oxygens (including phenoxy) is 1. The molecule has 17 heavy (non-hydrogen) atoms. The fraction of sp³-hybridized carbons (Fsp3) is 0.636. The fourth-order valence-electron chi connectivity index (χ4n) is 1.53. The Morgan fingerprint density at radius 2 is 2.18 bits per heavy atom. The predicted molar refractivity (Wildman–Crippen MR) is 62.9 cm³/mol. The Morgan fingerprint density at radius 1 is 1.47 bits per heavy atom. The van der Waals surface area contributed by atoms with E-state index in [9.17, 15) is 4.79 Å². The van der Waals surface area contributed by atoms with Crippen molar-refractivity contribution in [1.29, 1.82) is 0 Å². The smallest absolute Gasteiger partial charge is 0.257 e. The molecule has 96 valence electrons. The largest absolute Gasteiger partial charge is 0.394 e. The van der Waals surface area contributed by atoms with Gasteiger partial charge in [-0.15, -0.1) is 0 Å². The first-order valence-electron chi connectivity index (χ1n) is 5.53. The summed E-state index contributed by atoms with van der Waals surface area (Å²) >= 11 is 0. The fourth-order valence-corrected chi connectivity index (χ4v) is 1.53. The third-order valence-corrected chi connectivity index (χ3v) is 2.50. The van der Waals surface area contributed by atoms with Crippen molar-refractivity contribution < 1.29 is 14.6 Å². The number of nitrogens with zero attached hydrogens (tertiary/aromatic N) is 2. The summed E-state index contributed by atoms with van der Waals surface area (Å²) in [7, 11) is 1.72. The molecule has 1 aromatic rings. The number of aliphatic hydroxyl groups excluding tert-OH is 1. The molecule has 6 heteroatoms. The molecule has 0 spiro atoms. The third-order valence-electron chi connectivity index (χ3n) is 2.50. The molecule has 0 saturated carbocycles. The van der Waals surface area contributed by atoms with E-state index in [1.807, 2.05) is 6.92 Å². The van der Waals surface area contributed by atoms with E-state index < -0.39 is 0 Å². The van der Waals surface area contributed by atoms with Gasteiger partial charge in [0, 0.05) is 19.3 Å². The van der Waals surface area contributed by atoms with Gasteiger partial charge < -0.3 is 14.7 Å². The maximum Gasteiger partial charge on any atom is 0.257 e. The van der Waals surface area contributed by atoms with E-state index in [4.69, 9.17) is 9.84 Å². The molecule has 6 nitrogen and oxygen atoms in total. The van der Waals surface area contributed by atoms with Crippen molar-refractivity contribution >= 4 is 5.91 Å². The quantitative estimate of drug-likeness (QED) is 0.693. The number of hydrogen-bond donors (Lipinski definition) is 2. The highest BCUT2D eigenvalue weighted by Crippen LogP contribution is 2.11. The number of rotatable bonds is 6. The lowest BCUT2D eigenvalue weighted by Gasteiger charge is -2.17. The Balaban J connectivity index is 2.52. The first kappa shape index (κ1) is 13.7. The lowest BCUT2D eigenvalue weighted by molar-refractivity contribution is 0.0617. The van der Waals surface area contributed by atoms with Crippen molar-refractivity contribution in [2.75, 3.05) is 33.4 Å². The molecule has 0 bridgehead atoms. The highest BCUT2D eigenvalue weighted by Gasteiger charge is 2.18. The number of aromatic nitrogens is 2. The van der Waals surface area contributed by atoms with Crippen LogP contribution in [0, 0.1) is 13.8 Å². The van der Waals surface area contributed by atoms with Gasteiger partial charge in [0.1, 0.15) is 0 Å². The highest BCUT2D eigenvalue weighted by molar-refractivity contribution is 5.96. The molecular weight excluding hydrogens is 222 g/mol. The van der Waals surface area contributed by atoms with Gasteiger partial charge >= 0.3 is 0 Å². The molecule has 0 aliphatic carbocycles. The van der Waals surface area contributed by atoms with Crippen LogP contribution >= 0.6 is 0 Å². The first-order chi connectivity index (χ1) is 8.07. The highest BCUT2D eigenvalue weighted by atomic mass is 16.5. The Morgan fingerprint density at radius 3 is 2.71 bits per heavy atom. The minimum Gasteiger partial charge on any atom is -0.394 e. The molecule has 2 N–H and O–H groups in total. The van der Waals surface area contributed by atoms with E-state index in [2.05, 4.69) is 10.2 Å². The summed E-state index contributed by atoms with van der Waals surface area (Å²) in [4.78, 5) is 13.7. The number of aryl methyl sites for hydroxylation is 2. The van der Waals surface area contributed by atoms with E-state index >= 15 is 0 Å². The molecule has 0 unspecified atom stereocenters. The van der Waals surface area contributed by atoms with Gasteiger partial charge in [-0.1, -0.05) is 0 Å². The molecule has 1 heterocycles. The van der Waals surface area contributed by atoms with Gasteiger partial charge in [-0.2, -0.15) is 5.10 Å². The summed E-state index contributed by atoms with van der Waals surface area (Å²) in [6, 6.07) is 0. The second kappa shape index (κ2) is 6.36. The molecule has 0 saturated heterocycles. The van der Waals surface area contributed by atoms with E-state index in [1.165, 1.54) is 0 Å². The molecule has 0 radical (unpaired) electrons. The molecule has 0 aliphatic rings. The summed E-state index contributed by atoms with van der Waals surface area (Å²) in [5.74, 6) is -0.0682. The molecule has 0 fully saturated rings. The number of carbonyl (C=O) groups excluding carboxylic acids is 1. The minimum atomic E-state index is -0.0682. The average Bonchev–Trinajstić information content (AvgIpc) is 2.63. The number of amides is 1. The van der Waals surface area contributed by atoms with Crippen LogP contribution in [0.3, 0.4) is 0 Å². The van der Waals surface area contributed by atoms with Gasteiger partial charge in [0.2, 0.25) is 0 Å². The molecular formula is C11H19N3O3. The van der Waals surface area contributed by atoms with Crippen LogP contribution in [0.1, 0.15) is 21.7 Å². The number of H-pyrrole nitrogens is 1. The van der Waals surface area contributed by atoms with Crippen LogP contribution in [0.15, 0.2) is 0 Å². The number of likely N-dealkylation sites (N-methyl/N-ethyl adjacent to an activating group) is 1. The van der Waals surface area contributed by atoms with Gasteiger partial charge in [-0.25, -0.2) is 0 Å². The summed E-state index contributed by atoms with van der Waals surface area (Å²) in [6.07, 6.45) is 0. The molecule has 0 atom stereocenters. The van der Waals surface area contributed by atoms with Gasteiger partial charge in [-0.3, -0.25) is 9.89 Å². The summed E-state index contributed by atoms with van der Waals surface area (Å²) < 4.78 is 5.11. The lowest BCUT2D eigenvalue weighted by atomic mass is 10.2. The van der Waals surface area contributed by atoms with Crippen LogP contribution in [0.25, 0.3) is 0 Å². The van der Waals surface area contributed by atoms with Crippen molar-refractivity contribution in [3.63, 3.8) is 0 Å². The van der Waals surface area contributed by atoms with Gasteiger partial charge in [0.15, 0.2) is 0 Å². The molecule has 0 aromatic carbocycles. The Bertz CT molecular complexity index is 357. The SMILES string of the molecule is Cc1n[nH]c(C)c1C(=O)N(C)CCOCCO. The van der Waals surface area contributed by atoms with Crippen LogP contribution in [-0.4, -0.2) is 59.5 Å². The molecule has 1 amide bonds. The zero-order chi connectivity index (χ0) is 12.8. The van der Waals surface area contributed by atoms with E-state index in [0.29, 0.717) is 31.0 Å². The zero-order valence-corrected chi connectivity index (χ0v) is 10.5. The topological polar surface area (TPSA) is 78.5 Å². The Kier molecular flexibility index (Phi) is 5.11. The van der Waals surface area contributed by atoms with E-state index in [1.54, 1.807) is 18.9 Å². The minimum absolute atomic E-state index is 0.00237. The first-order valence-corrected chi connectivity index (χ1v) is 5.53. The molecule has 0 aliphatic heterocycles. The van der Waals surface area contributed by atoms with Crippen LogP contribution in [0.4, 0.5) is 0 Å². The molecule has 1 aromatic heterocycles. The van der Waals surface area contributed by atoms with Crippen LogP contribution in [0.2, 0.25) is 0 Å². The lowest BCUT2D eigenvalue weighted by Crippen LogP contribution is -2.31. The van der Waals surface area contributed by atoms with Crippen LogP contribution in [0.5, 0.6) is 0 Å². The maximum absolute atomic E-state index is 12.1. The number of carbonyl (C=O) groups is 1. The second-order valence-electron chi connectivity index (χ2n) is 3.87. The van der Waals surface area contributed by atoms with Crippen LogP contribution in [-0.2, 0) is 4.74 Å². The van der Waals surface area contributed by atoms with Crippen molar-refractivity contribution in [2.45, 2.75) is 13.8 Å². The average molecular weight is 241 g/mol. The normalized spacial score (nSPS) is 10.6. The van der Waals surface area contributed by atoms with Crippen LogP contribution < -0.4 is 0 Å². The van der Waals surface area contributed by atoms with Gasteiger partial charge in [-0.05, 0) is 13.8 Å². The second-order valence-corrected chi connectivity index (χ2v) is 3.87. The Hall–Kier alpha value is -1.40. The maximum atomic E-state index is 12.1. The Labute approximate surface area is 101 Å². The monoisotopic (exact) mass is 241 g/mol.